The number of rotatable bonds is 0. The molecule has 2 bridgehead atoms. The highest BCUT2D eigenvalue weighted by Crippen LogP contribution is 2.39. The predicted octanol–water partition coefficient (Wildman–Crippen LogP) is 1.66. The first-order chi connectivity index (χ1) is 5.95. The molecule has 12 heavy (non-hydrogen) atoms. The molecule has 0 spiro atoms. The van der Waals surface area contributed by atoms with Gasteiger partial charge in [-0.15, -0.1) is 0 Å². The van der Waals surface area contributed by atoms with Crippen molar-refractivity contribution in [3.8, 4) is 0 Å². The van der Waals surface area contributed by atoms with Crippen molar-refractivity contribution in [1.82, 2.24) is 4.90 Å². The van der Waals surface area contributed by atoms with Crippen molar-refractivity contribution in [1.29, 1.82) is 0 Å². The van der Waals surface area contributed by atoms with Crippen LogP contribution in [0, 0.1) is 5.92 Å². The number of piperidine rings is 1. The molecule has 66 valence electrons. The van der Waals surface area contributed by atoms with E-state index in [9.17, 15) is 0 Å². The van der Waals surface area contributed by atoms with Crippen molar-refractivity contribution in [3.63, 3.8) is 0 Å². The van der Waals surface area contributed by atoms with Gasteiger partial charge in [-0.05, 0) is 32.1 Å². The molecule has 0 N–H and O–H groups in total. The van der Waals surface area contributed by atoms with Crippen LogP contribution in [-0.4, -0.2) is 29.9 Å². The normalized spacial score (nSPS) is 39.3. The van der Waals surface area contributed by atoms with Crippen LogP contribution in [0.2, 0.25) is 0 Å². The predicted molar refractivity (Wildman–Crippen MR) is 49.4 cm³/mol. The second-order valence-corrected chi connectivity index (χ2v) is 4.30. The van der Waals surface area contributed by atoms with Gasteiger partial charge in [0.25, 0.3) is 0 Å². The van der Waals surface area contributed by atoms with Gasteiger partial charge in [-0.1, -0.05) is 0 Å². The van der Waals surface area contributed by atoms with Gasteiger partial charge in [-0.25, -0.2) is 0 Å². The summed E-state index contributed by atoms with van der Waals surface area (Å²) in [6.07, 6.45) is 6.93. The minimum Gasteiger partial charge on any atom is -0.357 e. The van der Waals surface area contributed by atoms with E-state index in [-0.39, 0.29) is 0 Å². The Morgan fingerprint density at radius 3 is 3.25 bits per heavy atom. The Labute approximate surface area is 73.7 Å². The molecule has 3 rings (SSSR count). The molecule has 2 fully saturated rings. The zero-order chi connectivity index (χ0) is 7.97. The van der Waals surface area contributed by atoms with Gasteiger partial charge in [0.05, 0.1) is 0 Å². The molecule has 2 heterocycles. The van der Waals surface area contributed by atoms with Crippen molar-refractivity contribution in [2.24, 2.45) is 10.9 Å². The minimum absolute atomic E-state index is 0.855. The Balaban J connectivity index is 1.92. The van der Waals surface area contributed by atoms with Gasteiger partial charge in [0, 0.05) is 25.0 Å². The monoisotopic (exact) mass is 164 g/mol. The lowest BCUT2D eigenvalue weighted by molar-refractivity contribution is 0.327. The molecule has 2 aliphatic heterocycles. The molecule has 0 radical (unpaired) electrons. The van der Waals surface area contributed by atoms with E-state index in [2.05, 4.69) is 4.90 Å². The molecular weight excluding hydrogens is 148 g/mol. The number of hydrogen-bond donors (Lipinski definition) is 0. The summed E-state index contributed by atoms with van der Waals surface area (Å²) in [5.74, 6) is 2.33. The number of amidine groups is 1. The zero-order valence-corrected chi connectivity index (χ0v) is 7.50. The van der Waals surface area contributed by atoms with E-state index in [1.165, 1.54) is 44.5 Å². The Morgan fingerprint density at radius 2 is 2.25 bits per heavy atom. The van der Waals surface area contributed by atoms with E-state index in [4.69, 9.17) is 4.99 Å². The van der Waals surface area contributed by atoms with E-state index in [1.807, 2.05) is 0 Å². The Bertz CT molecular complexity index is 222. The molecule has 0 aromatic carbocycles. The average Bonchev–Trinajstić information content (AvgIpc) is 2.58. The van der Waals surface area contributed by atoms with Crippen LogP contribution in [0.3, 0.4) is 0 Å². The molecule has 2 nitrogen and oxygen atoms in total. The van der Waals surface area contributed by atoms with Crippen molar-refractivity contribution in [3.05, 3.63) is 0 Å². The quantitative estimate of drug-likeness (QED) is 0.531. The molecule has 3 aliphatic rings. The van der Waals surface area contributed by atoms with Crippen molar-refractivity contribution >= 4 is 5.84 Å². The summed E-state index contributed by atoms with van der Waals surface area (Å²) in [6.45, 7) is 2.38. The lowest BCUT2D eigenvalue weighted by Crippen LogP contribution is -2.36. The molecule has 1 aliphatic carbocycles. The summed E-state index contributed by atoms with van der Waals surface area (Å²) in [4.78, 5) is 7.31. The summed E-state index contributed by atoms with van der Waals surface area (Å²) < 4.78 is 0. The largest absolute Gasteiger partial charge is 0.357 e. The third-order valence-electron chi connectivity index (χ3n) is 3.59. The molecular formula is C10H16N2. The van der Waals surface area contributed by atoms with Crippen LogP contribution in [-0.2, 0) is 0 Å². The fourth-order valence-corrected chi connectivity index (χ4v) is 3.00. The van der Waals surface area contributed by atoms with Crippen molar-refractivity contribution < 1.29 is 0 Å². The molecule has 0 aromatic heterocycles. The topological polar surface area (TPSA) is 15.6 Å². The third kappa shape index (κ3) is 0.838. The third-order valence-corrected chi connectivity index (χ3v) is 3.59. The average molecular weight is 164 g/mol. The van der Waals surface area contributed by atoms with Gasteiger partial charge in [0.1, 0.15) is 5.84 Å². The van der Waals surface area contributed by atoms with E-state index >= 15 is 0 Å². The van der Waals surface area contributed by atoms with Crippen LogP contribution in [0.1, 0.15) is 32.1 Å². The Kier molecular flexibility index (Phi) is 1.43. The van der Waals surface area contributed by atoms with Crippen LogP contribution in [0.4, 0.5) is 0 Å². The molecule has 0 amide bonds. The van der Waals surface area contributed by atoms with Gasteiger partial charge >= 0.3 is 0 Å². The summed E-state index contributed by atoms with van der Waals surface area (Å²) in [5.41, 5.74) is 0. The van der Waals surface area contributed by atoms with Gasteiger partial charge in [0.2, 0.25) is 0 Å². The molecule has 1 saturated heterocycles. The summed E-state index contributed by atoms with van der Waals surface area (Å²) >= 11 is 0. The molecule has 2 heteroatoms. The van der Waals surface area contributed by atoms with Crippen LogP contribution < -0.4 is 0 Å². The highest BCUT2D eigenvalue weighted by Gasteiger charge is 2.42. The Morgan fingerprint density at radius 1 is 1.25 bits per heavy atom. The molecule has 1 saturated carbocycles. The summed E-state index contributed by atoms with van der Waals surface area (Å²) in [6, 6.07) is 0.881. The number of nitrogens with zero attached hydrogens (tertiary/aromatic N) is 2. The van der Waals surface area contributed by atoms with Crippen molar-refractivity contribution in [2.45, 2.75) is 38.1 Å². The lowest BCUT2D eigenvalue weighted by Gasteiger charge is -2.28. The zero-order valence-electron chi connectivity index (χ0n) is 7.50. The van der Waals surface area contributed by atoms with Gasteiger partial charge < -0.3 is 4.90 Å². The van der Waals surface area contributed by atoms with Gasteiger partial charge in [-0.2, -0.15) is 0 Å². The lowest BCUT2D eigenvalue weighted by atomic mass is 10.1. The van der Waals surface area contributed by atoms with Gasteiger partial charge in [0.15, 0.2) is 0 Å². The number of fused-ring (bicyclic) bond motifs is 5. The van der Waals surface area contributed by atoms with E-state index in [1.54, 1.807) is 0 Å². The number of aliphatic imine (C=N–C) groups is 1. The standard InChI is InChI=1S/C10H16N2/c1-2-6-12-9-4-3-8(7-9)10(12)11-5-1/h8-9H,1-7H2/t8-,9+/m1/s1. The maximum absolute atomic E-state index is 4.71. The van der Waals surface area contributed by atoms with E-state index in [0.717, 1.165) is 18.5 Å². The van der Waals surface area contributed by atoms with Crippen LogP contribution >= 0.6 is 0 Å². The van der Waals surface area contributed by atoms with E-state index < -0.39 is 0 Å². The van der Waals surface area contributed by atoms with E-state index in [0.29, 0.717) is 0 Å². The van der Waals surface area contributed by atoms with Crippen LogP contribution in [0.25, 0.3) is 0 Å². The Hall–Kier alpha value is -0.530. The smallest absolute Gasteiger partial charge is 0.102 e. The van der Waals surface area contributed by atoms with Gasteiger partial charge in [-0.3, -0.25) is 4.99 Å². The molecule has 0 aromatic rings. The highest BCUT2D eigenvalue weighted by molar-refractivity contribution is 5.88. The first kappa shape index (κ1) is 6.93. The maximum Gasteiger partial charge on any atom is 0.102 e. The minimum atomic E-state index is 0.855. The highest BCUT2D eigenvalue weighted by atomic mass is 15.3. The SMILES string of the molecule is C1CCN2C(=NC1)[C@@H]1CC[C@H]2C1. The van der Waals surface area contributed by atoms with Crippen LogP contribution in [0.5, 0.6) is 0 Å². The molecule has 0 unspecified atom stereocenters. The summed E-state index contributed by atoms with van der Waals surface area (Å²) in [7, 11) is 0. The first-order valence-corrected chi connectivity index (χ1v) is 5.26. The number of hydrogen-bond acceptors (Lipinski definition) is 2. The first-order valence-electron chi connectivity index (χ1n) is 5.26. The second kappa shape index (κ2) is 2.48. The maximum atomic E-state index is 4.71. The fraction of sp³-hybridized carbons (Fsp3) is 0.900. The van der Waals surface area contributed by atoms with Crippen LogP contribution in [0.15, 0.2) is 4.99 Å². The molecule has 2 atom stereocenters. The van der Waals surface area contributed by atoms with Crippen molar-refractivity contribution in [2.75, 3.05) is 13.1 Å². The summed E-state index contributed by atoms with van der Waals surface area (Å²) in [5, 5.41) is 0. The fourth-order valence-electron chi connectivity index (χ4n) is 3.00. The second-order valence-electron chi connectivity index (χ2n) is 4.30.